The number of sulfonamides is 1. The van der Waals surface area contributed by atoms with Crippen molar-refractivity contribution in [2.24, 2.45) is 0 Å². The molecular formula is C20H19BrClN3O2S2. The molecule has 9 heteroatoms. The first kappa shape index (κ1) is 20.8. The van der Waals surface area contributed by atoms with E-state index in [1.165, 1.54) is 0 Å². The van der Waals surface area contributed by atoms with Crippen molar-refractivity contribution < 1.29 is 8.42 Å². The summed E-state index contributed by atoms with van der Waals surface area (Å²) in [5, 5.41) is 3.73. The predicted molar refractivity (Wildman–Crippen MR) is 121 cm³/mol. The topological polar surface area (TPSA) is 53.5 Å². The van der Waals surface area contributed by atoms with Gasteiger partial charge in [-0.25, -0.2) is 13.4 Å². The summed E-state index contributed by atoms with van der Waals surface area (Å²) in [5.74, 6) is 0. The summed E-state index contributed by atoms with van der Waals surface area (Å²) >= 11 is 10.9. The molecule has 0 saturated carbocycles. The SMILES string of the molecule is O=S(=O)(c1ccc(Br)cc1)N1CCN(c2nc(Cc3ccc(Cl)cc3)cs2)CC1. The number of aromatic nitrogens is 1. The van der Waals surface area contributed by atoms with Gasteiger partial charge in [0.15, 0.2) is 5.13 Å². The smallest absolute Gasteiger partial charge is 0.243 e. The first-order chi connectivity index (χ1) is 13.9. The first-order valence-electron chi connectivity index (χ1n) is 9.11. The van der Waals surface area contributed by atoms with Crippen molar-refractivity contribution in [1.82, 2.24) is 9.29 Å². The van der Waals surface area contributed by atoms with Gasteiger partial charge in [0.05, 0.1) is 10.6 Å². The second kappa shape index (κ2) is 8.73. The van der Waals surface area contributed by atoms with Crippen molar-refractivity contribution in [3.8, 4) is 0 Å². The molecular weight excluding hydrogens is 494 g/mol. The molecule has 0 spiro atoms. The van der Waals surface area contributed by atoms with E-state index in [0.717, 1.165) is 32.3 Å². The lowest BCUT2D eigenvalue weighted by Gasteiger charge is -2.33. The van der Waals surface area contributed by atoms with E-state index in [1.807, 2.05) is 24.3 Å². The number of thiazole rings is 1. The van der Waals surface area contributed by atoms with Gasteiger partial charge in [-0.1, -0.05) is 39.7 Å². The van der Waals surface area contributed by atoms with Gasteiger partial charge in [0.1, 0.15) is 0 Å². The molecule has 0 unspecified atom stereocenters. The number of halogens is 2. The normalized spacial score (nSPS) is 15.6. The fraction of sp³-hybridized carbons (Fsp3) is 0.250. The molecule has 0 aliphatic carbocycles. The Morgan fingerprint density at radius 3 is 2.31 bits per heavy atom. The van der Waals surface area contributed by atoms with Crippen LogP contribution < -0.4 is 4.90 Å². The Morgan fingerprint density at radius 1 is 1.00 bits per heavy atom. The minimum absolute atomic E-state index is 0.327. The number of benzene rings is 2. The van der Waals surface area contributed by atoms with Crippen LogP contribution in [0.15, 0.2) is 63.3 Å². The standard InChI is InChI=1S/C20H19BrClN3O2S2/c21-16-3-7-19(8-4-16)29(26,27)25-11-9-24(10-12-25)20-23-18(14-28-20)13-15-1-5-17(22)6-2-15/h1-8,14H,9-13H2. The average molecular weight is 513 g/mol. The molecule has 1 aromatic heterocycles. The second-order valence-electron chi connectivity index (χ2n) is 6.77. The van der Waals surface area contributed by atoms with Gasteiger partial charge in [0, 0.05) is 47.5 Å². The maximum absolute atomic E-state index is 12.8. The van der Waals surface area contributed by atoms with Crippen LogP contribution in [0.2, 0.25) is 5.02 Å². The van der Waals surface area contributed by atoms with E-state index in [-0.39, 0.29) is 0 Å². The Labute approximate surface area is 188 Å². The van der Waals surface area contributed by atoms with Gasteiger partial charge >= 0.3 is 0 Å². The monoisotopic (exact) mass is 511 g/mol. The molecule has 0 amide bonds. The number of piperazine rings is 1. The zero-order valence-corrected chi connectivity index (χ0v) is 19.4. The van der Waals surface area contributed by atoms with Crippen molar-refractivity contribution in [1.29, 1.82) is 0 Å². The third-order valence-corrected chi connectivity index (χ3v) is 8.44. The van der Waals surface area contributed by atoms with E-state index in [2.05, 4.69) is 26.2 Å². The van der Waals surface area contributed by atoms with Crippen molar-refractivity contribution in [3.63, 3.8) is 0 Å². The molecule has 5 nitrogen and oxygen atoms in total. The van der Waals surface area contributed by atoms with Crippen LogP contribution in [0, 0.1) is 0 Å². The molecule has 1 aliphatic heterocycles. The van der Waals surface area contributed by atoms with Gasteiger partial charge in [0.25, 0.3) is 0 Å². The van der Waals surface area contributed by atoms with Crippen molar-refractivity contribution >= 4 is 54.0 Å². The highest BCUT2D eigenvalue weighted by Gasteiger charge is 2.29. The van der Waals surface area contributed by atoms with Crippen LogP contribution in [-0.4, -0.2) is 43.9 Å². The molecule has 0 N–H and O–H groups in total. The molecule has 152 valence electrons. The maximum Gasteiger partial charge on any atom is 0.243 e. The lowest BCUT2D eigenvalue weighted by atomic mass is 10.1. The number of hydrogen-bond donors (Lipinski definition) is 0. The van der Waals surface area contributed by atoms with Crippen LogP contribution in [-0.2, 0) is 16.4 Å². The highest BCUT2D eigenvalue weighted by Crippen LogP contribution is 2.26. The molecule has 3 aromatic rings. The highest BCUT2D eigenvalue weighted by molar-refractivity contribution is 9.10. The highest BCUT2D eigenvalue weighted by atomic mass is 79.9. The molecule has 2 heterocycles. The average Bonchev–Trinajstić information content (AvgIpc) is 3.19. The zero-order chi connectivity index (χ0) is 20.4. The Balaban J connectivity index is 1.39. The first-order valence-corrected chi connectivity index (χ1v) is 12.6. The summed E-state index contributed by atoms with van der Waals surface area (Å²) in [6.45, 7) is 2.16. The largest absolute Gasteiger partial charge is 0.345 e. The summed E-state index contributed by atoms with van der Waals surface area (Å²) in [5.41, 5.74) is 2.17. The molecule has 29 heavy (non-hydrogen) atoms. The molecule has 0 radical (unpaired) electrons. The zero-order valence-electron chi connectivity index (χ0n) is 15.5. The molecule has 0 bridgehead atoms. The fourth-order valence-electron chi connectivity index (χ4n) is 3.21. The summed E-state index contributed by atoms with van der Waals surface area (Å²) in [6, 6.07) is 14.6. The van der Waals surface area contributed by atoms with Gasteiger partial charge < -0.3 is 4.90 Å². The summed E-state index contributed by atoms with van der Waals surface area (Å²) in [4.78, 5) is 7.23. The third-order valence-electron chi connectivity index (χ3n) is 4.80. The third kappa shape index (κ3) is 4.83. The van der Waals surface area contributed by atoms with Crippen LogP contribution in [0.4, 0.5) is 5.13 Å². The number of hydrogen-bond acceptors (Lipinski definition) is 5. The van der Waals surface area contributed by atoms with Gasteiger partial charge in [0.2, 0.25) is 10.0 Å². The quantitative estimate of drug-likeness (QED) is 0.499. The molecule has 1 fully saturated rings. The van der Waals surface area contributed by atoms with Gasteiger partial charge in [-0.3, -0.25) is 0 Å². The molecule has 1 saturated heterocycles. The lowest BCUT2D eigenvalue weighted by Crippen LogP contribution is -2.48. The van der Waals surface area contributed by atoms with Crippen molar-refractivity contribution in [2.45, 2.75) is 11.3 Å². The predicted octanol–water partition coefficient (Wildman–Crippen LogP) is 4.66. The van der Waals surface area contributed by atoms with E-state index < -0.39 is 10.0 Å². The maximum atomic E-state index is 12.8. The van der Waals surface area contributed by atoms with E-state index >= 15 is 0 Å². The van der Waals surface area contributed by atoms with Crippen LogP contribution in [0.3, 0.4) is 0 Å². The number of anilines is 1. The number of nitrogens with zero attached hydrogens (tertiary/aromatic N) is 3. The van der Waals surface area contributed by atoms with Crippen LogP contribution in [0.1, 0.15) is 11.3 Å². The minimum Gasteiger partial charge on any atom is -0.345 e. The molecule has 4 rings (SSSR count). The molecule has 1 aliphatic rings. The van der Waals surface area contributed by atoms with Gasteiger partial charge in [-0.2, -0.15) is 4.31 Å². The molecule has 2 aromatic carbocycles. The molecule has 0 atom stereocenters. The van der Waals surface area contributed by atoms with Crippen LogP contribution in [0.5, 0.6) is 0 Å². The van der Waals surface area contributed by atoms with E-state index in [9.17, 15) is 8.42 Å². The number of rotatable bonds is 5. The van der Waals surface area contributed by atoms with Gasteiger partial charge in [-0.05, 0) is 42.0 Å². The fourth-order valence-corrected chi connectivity index (χ4v) is 5.90. The minimum atomic E-state index is -3.47. The van der Waals surface area contributed by atoms with Crippen molar-refractivity contribution in [3.05, 3.63) is 74.7 Å². The Kier molecular flexibility index (Phi) is 6.27. The summed E-state index contributed by atoms with van der Waals surface area (Å²) in [6.07, 6.45) is 0.756. The Morgan fingerprint density at radius 2 is 1.66 bits per heavy atom. The summed E-state index contributed by atoms with van der Waals surface area (Å²) in [7, 11) is -3.47. The van der Waals surface area contributed by atoms with Crippen LogP contribution >= 0.6 is 38.9 Å². The van der Waals surface area contributed by atoms with Gasteiger partial charge in [-0.15, -0.1) is 11.3 Å². The second-order valence-corrected chi connectivity index (χ2v) is 10.9. The van der Waals surface area contributed by atoms with Crippen molar-refractivity contribution in [2.75, 3.05) is 31.1 Å². The van der Waals surface area contributed by atoms with E-state index in [0.29, 0.717) is 31.1 Å². The van der Waals surface area contributed by atoms with E-state index in [4.69, 9.17) is 16.6 Å². The Bertz CT molecular complexity index is 1080. The lowest BCUT2D eigenvalue weighted by molar-refractivity contribution is 0.384. The summed E-state index contributed by atoms with van der Waals surface area (Å²) < 4.78 is 28.1. The van der Waals surface area contributed by atoms with Crippen LogP contribution in [0.25, 0.3) is 0 Å². The Hall–Kier alpha value is -1.45. The van der Waals surface area contributed by atoms with E-state index in [1.54, 1.807) is 39.9 Å².